The Hall–Kier alpha value is -0.160. The van der Waals surface area contributed by atoms with Gasteiger partial charge in [0.1, 0.15) is 0 Å². The molecule has 0 bridgehead atoms. The zero-order chi connectivity index (χ0) is 11.6. The van der Waals surface area contributed by atoms with Crippen LogP contribution in [0, 0.1) is 0 Å². The topological polar surface area (TPSA) is 26.0 Å². The van der Waals surface area contributed by atoms with E-state index in [0.29, 0.717) is 5.02 Å². The molecule has 0 fully saturated rings. The molecule has 1 atom stereocenters. The highest BCUT2D eigenvalue weighted by atomic mass is 35.5. The Bertz CT molecular complexity index is 354. The Morgan fingerprint density at radius 3 is 2.31 bits per heavy atom. The summed E-state index contributed by atoms with van der Waals surface area (Å²) in [6.07, 6.45) is -5.43. The van der Waals surface area contributed by atoms with Gasteiger partial charge in [-0.2, -0.15) is 13.2 Å². The summed E-state index contributed by atoms with van der Waals surface area (Å²) in [4.78, 5) is 0. The molecule has 0 amide bonds. The van der Waals surface area contributed by atoms with Gasteiger partial charge in [-0.25, -0.2) is 0 Å². The number of alkyl halides is 3. The summed E-state index contributed by atoms with van der Waals surface area (Å²) in [5.41, 5.74) is 5.60. The summed E-state index contributed by atoms with van der Waals surface area (Å²) in [5, 5.41) is 0.503. The summed E-state index contributed by atoms with van der Waals surface area (Å²) >= 11 is 11.4. The van der Waals surface area contributed by atoms with Crippen LogP contribution in [-0.4, -0.2) is 6.18 Å². The fourth-order valence-corrected chi connectivity index (χ4v) is 1.60. The first-order valence-electron chi connectivity index (χ1n) is 4.07. The van der Waals surface area contributed by atoms with Crippen molar-refractivity contribution in [2.24, 2.45) is 5.73 Å². The van der Waals surface area contributed by atoms with Crippen molar-refractivity contribution in [1.29, 1.82) is 0 Å². The van der Waals surface area contributed by atoms with Gasteiger partial charge in [-0.3, -0.25) is 0 Å². The fraction of sp³-hybridized carbons (Fsp3) is 0.333. The van der Waals surface area contributed by atoms with E-state index in [9.17, 15) is 13.2 Å². The first kappa shape index (κ1) is 15.8. The Kier molecular flexibility index (Phi) is 5.90. The Morgan fingerprint density at radius 2 is 1.81 bits per heavy atom. The zero-order valence-electron chi connectivity index (χ0n) is 7.89. The summed E-state index contributed by atoms with van der Waals surface area (Å²) in [6.45, 7) is 0. The molecular formula is C9H9Cl3F3N. The smallest absolute Gasteiger partial charge is 0.324 e. The molecule has 0 aliphatic heterocycles. The van der Waals surface area contributed by atoms with Crippen molar-refractivity contribution >= 4 is 35.6 Å². The minimum absolute atomic E-state index is 0. The molecular weight excluding hydrogens is 285 g/mol. The van der Waals surface area contributed by atoms with Crippen molar-refractivity contribution in [1.82, 2.24) is 0 Å². The molecule has 0 radical (unpaired) electrons. The SMILES string of the molecule is Cl.N[C@@H](CC(F)(F)F)c1cc(Cl)ccc1Cl. The van der Waals surface area contributed by atoms with Crippen molar-refractivity contribution in [3.05, 3.63) is 33.8 Å². The lowest BCUT2D eigenvalue weighted by Crippen LogP contribution is -2.20. The lowest BCUT2D eigenvalue weighted by atomic mass is 10.0. The molecule has 92 valence electrons. The van der Waals surface area contributed by atoms with Gasteiger partial charge in [0.2, 0.25) is 0 Å². The maximum absolute atomic E-state index is 12.1. The van der Waals surface area contributed by atoms with Gasteiger partial charge in [0.15, 0.2) is 0 Å². The summed E-state index contributed by atoms with van der Waals surface area (Å²) in [5.74, 6) is 0. The van der Waals surface area contributed by atoms with Crippen LogP contribution < -0.4 is 5.73 Å². The van der Waals surface area contributed by atoms with Crippen LogP contribution in [0.15, 0.2) is 18.2 Å². The number of nitrogens with two attached hydrogens (primary N) is 1. The highest BCUT2D eigenvalue weighted by molar-refractivity contribution is 6.33. The van der Waals surface area contributed by atoms with Gasteiger partial charge < -0.3 is 5.73 Å². The van der Waals surface area contributed by atoms with Gasteiger partial charge in [-0.15, -0.1) is 12.4 Å². The number of benzene rings is 1. The van der Waals surface area contributed by atoms with Crippen molar-refractivity contribution in [2.75, 3.05) is 0 Å². The largest absolute Gasteiger partial charge is 0.390 e. The molecule has 0 heterocycles. The van der Waals surface area contributed by atoms with E-state index in [4.69, 9.17) is 28.9 Å². The number of hydrogen-bond donors (Lipinski definition) is 1. The molecule has 0 saturated heterocycles. The van der Waals surface area contributed by atoms with Gasteiger partial charge in [-0.05, 0) is 23.8 Å². The van der Waals surface area contributed by atoms with Crippen LogP contribution >= 0.6 is 35.6 Å². The van der Waals surface area contributed by atoms with Crippen LogP contribution in [0.4, 0.5) is 13.2 Å². The highest BCUT2D eigenvalue weighted by Gasteiger charge is 2.31. The second kappa shape index (κ2) is 5.96. The van der Waals surface area contributed by atoms with Crippen LogP contribution in [0.3, 0.4) is 0 Å². The molecule has 2 N–H and O–H groups in total. The fourth-order valence-electron chi connectivity index (χ4n) is 1.16. The van der Waals surface area contributed by atoms with Crippen molar-refractivity contribution in [2.45, 2.75) is 18.6 Å². The standard InChI is InChI=1S/C9H8Cl2F3N.ClH/c10-5-1-2-7(11)6(3-5)8(15)4-9(12,13)14;/h1-3,8H,4,15H2;1H/t8-;/m0./s1. The molecule has 16 heavy (non-hydrogen) atoms. The molecule has 0 aliphatic carbocycles. The minimum Gasteiger partial charge on any atom is -0.324 e. The highest BCUT2D eigenvalue weighted by Crippen LogP contribution is 2.32. The van der Waals surface area contributed by atoms with Crippen LogP contribution in [0.2, 0.25) is 10.0 Å². The first-order valence-corrected chi connectivity index (χ1v) is 4.82. The van der Waals surface area contributed by atoms with Gasteiger partial charge in [0.05, 0.1) is 6.42 Å². The second-order valence-electron chi connectivity index (χ2n) is 3.09. The quantitative estimate of drug-likeness (QED) is 0.861. The van der Waals surface area contributed by atoms with E-state index in [2.05, 4.69) is 0 Å². The van der Waals surface area contributed by atoms with E-state index in [1.807, 2.05) is 0 Å². The zero-order valence-corrected chi connectivity index (χ0v) is 10.2. The Labute approximate surface area is 107 Å². The van der Waals surface area contributed by atoms with E-state index >= 15 is 0 Å². The van der Waals surface area contributed by atoms with Gasteiger partial charge in [-0.1, -0.05) is 23.2 Å². The van der Waals surface area contributed by atoms with E-state index in [1.165, 1.54) is 18.2 Å². The van der Waals surface area contributed by atoms with Crippen LogP contribution in [0.1, 0.15) is 18.0 Å². The summed E-state index contributed by atoms with van der Waals surface area (Å²) in [6, 6.07) is 3.08. The summed E-state index contributed by atoms with van der Waals surface area (Å²) in [7, 11) is 0. The molecule has 0 aromatic heterocycles. The predicted octanol–water partition coefficient (Wildman–Crippen LogP) is 4.37. The molecule has 1 nitrogen and oxygen atoms in total. The monoisotopic (exact) mass is 293 g/mol. The van der Waals surface area contributed by atoms with E-state index in [1.54, 1.807) is 0 Å². The predicted molar refractivity (Wildman–Crippen MR) is 61.3 cm³/mol. The third kappa shape index (κ3) is 4.78. The van der Waals surface area contributed by atoms with Crippen LogP contribution in [0.5, 0.6) is 0 Å². The molecule has 1 aromatic rings. The van der Waals surface area contributed by atoms with Crippen molar-refractivity contribution in [3.63, 3.8) is 0 Å². The third-order valence-electron chi connectivity index (χ3n) is 1.81. The second-order valence-corrected chi connectivity index (χ2v) is 3.94. The van der Waals surface area contributed by atoms with Crippen molar-refractivity contribution in [3.8, 4) is 0 Å². The van der Waals surface area contributed by atoms with Gasteiger partial charge in [0.25, 0.3) is 0 Å². The number of hydrogen-bond acceptors (Lipinski definition) is 1. The average molecular weight is 295 g/mol. The molecule has 0 spiro atoms. The van der Waals surface area contributed by atoms with Gasteiger partial charge >= 0.3 is 6.18 Å². The van der Waals surface area contributed by atoms with E-state index in [0.717, 1.165) is 0 Å². The lowest BCUT2D eigenvalue weighted by molar-refractivity contribution is -0.138. The third-order valence-corrected chi connectivity index (χ3v) is 2.39. The lowest BCUT2D eigenvalue weighted by Gasteiger charge is -2.15. The average Bonchev–Trinajstić information content (AvgIpc) is 2.06. The molecule has 7 heteroatoms. The molecule has 1 rings (SSSR count). The summed E-state index contributed by atoms with van der Waals surface area (Å²) < 4.78 is 36.2. The molecule has 0 aliphatic rings. The number of halogens is 6. The number of rotatable bonds is 2. The maximum atomic E-state index is 12.1. The Morgan fingerprint density at radius 1 is 1.25 bits per heavy atom. The van der Waals surface area contributed by atoms with Crippen LogP contribution in [0.25, 0.3) is 0 Å². The van der Waals surface area contributed by atoms with Gasteiger partial charge in [0, 0.05) is 16.1 Å². The first-order chi connectivity index (χ1) is 6.79. The minimum atomic E-state index is -4.31. The molecule has 0 unspecified atom stereocenters. The Balaban J connectivity index is 0.00000225. The molecule has 1 aromatic carbocycles. The normalized spacial score (nSPS) is 13.1. The molecule has 0 saturated carbocycles. The van der Waals surface area contributed by atoms with E-state index in [-0.39, 0.29) is 23.0 Å². The van der Waals surface area contributed by atoms with E-state index < -0.39 is 18.6 Å². The maximum Gasteiger partial charge on any atom is 0.390 e. The van der Waals surface area contributed by atoms with Crippen molar-refractivity contribution < 1.29 is 13.2 Å². The van der Waals surface area contributed by atoms with Crippen LogP contribution in [-0.2, 0) is 0 Å².